The highest BCUT2D eigenvalue weighted by atomic mass is 19.4. The molecule has 76 valence electrons. The summed E-state index contributed by atoms with van der Waals surface area (Å²) in [6.45, 7) is 1.65. The van der Waals surface area contributed by atoms with Crippen LogP contribution in [0.1, 0.15) is 18.1 Å². The quantitative estimate of drug-likeness (QED) is 0.609. The first-order valence-electron chi connectivity index (χ1n) is 3.94. The van der Waals surface area contributed by atoms with Crippen LogP contribution < -0.4 is 0 Å². The molecule has 0 saturated carbocycles. The minimum atomic E-state index is -4.50. The van der Waals surface area contributed by atoms with Crippen molar-refractivity contribution in [2.75, 3.05) is 0 Å². The van der Waals surface area contributed by atoms with Crippen LogP contribution in [0.4, 0.5) is 17.6 Å². The van der Waals surface area contributed by atoms with Crippen molar-refractivity contribution in [3.05, 3.63) is 41.2 Å². The second-order valence-electron chi connectivity index (χ2n) is 2.77. The van der Waals surface area contributed by atoms with Crippen molar-refractivity contribution in [2.45, 2.75) is 13.1 Å². The van der Waals surface area contributed by atoms with E-state index < -0.39 is 17.6 Å². The van der Waals surface area contributed by atoms with E-state index in [9.17, 15) is 17.6 Å². The molecule has 0 atom stereocenters. The highest BCUT2D eigenvalue weighted by Crippen LogP contribution is 2.30. The van der Waals surface area contributed by atoms with Gasteiger partial charge in [0.2, 0.25) is 0 Å². The van der Waals surface area contributed by atoms with Gasteiger partial charge in [-0.25, -0.2) is 4.39 Å². The third-order valence-electron chi connectivity index (χ3n) is 1.61. The summed E-state index contributed by atoms with van der Waals surface area (Å²) < 4.78 is 49.3. The number of allylic oxidation sites excluding steroid dienone is 1. The van der Waals surface area contributed by atoms with Crippen molar-refractivity contribution in [1.29, 1.82) is 0 Å². The van der Waals surface area contributed by atoms with E-state index in [1.807, 2.05) is 0 Å². The maximum Gasteiger partial charge on any atom is 0.416 e. The summed E-state index contributed by atoms with van der Waals surface area (Å²) in [5.74, 6) is -0.882. The van der Waals surface area contributed by atoms with Gasteiger partial charge < -0.3 is 0 Å². The van der Waals surface area contributed by atoms with Gasteiger partial charge in [0, 0.05) is 0 Å². The van der Waals surface area contributed by atoms with Gasteiger partial charge in [0.15, 0.2) is 0 Å². The van der Waals surface area contributed by atoms with E-state index in [1.54, 1.807) is 13.0 Å². The lowest BCUT2D eigenvalue weighted by Gasteiger charge is -2.07. The standard InChI is InChI=1S/C10H8F4/c1-2-3-7-4-8(10(12,13)14)6-9(11)5-7/h2-6H,1H3. The van der Waals surface area contributed by atoms with Gasteiger partial charge in [0.25, 0.3) is 0 Å². The first-order valence-corrected chi connectivity index (χ1v) is 3.94. The van der Waals surface area contributed by atoms with Gasteiger partial charge in [-0.15, -0.1) is 0 Å². The van der Waals surface area contributed by atoms with Crippen LogP contribution in [0, 0.1) is 5.82 Å². The number of alkyl halides is 3. The zero-order chi connectivity index (χ0) is 10.8. The number of halogens is 4. The second-order valence-corrected chi connectivity index (χ2v) is 2.77. The van der Waals surface area contributed by atoms with Crippen molar-refractivity contribution < 1.29 is 17.6 Å². The Morgan fingerprint density at radius 1 is 1.14 bits per heavy atom. The van der Waals surface area contributed by atoms with E-state index in [-0.39, 0.29) is 5.56 Å². The molecule has 0 spiro atoms. The van der Waals surface area contributed by atoms with E-state index in [1.165, 1.54) is 6.08 Å². The van der Waals surface area contributed by atoms with Crippen molar-refractivity contribution in [3.63, 3.8) is 0 Å². The fourth-order valence-corrected chi connectivity index (χ4v) is 1.06. The molecule has 0 unspecified atom stereocenters. The summed E-state index contributed by atoms with van der Waals surface area (Å²) in [5, 5.41) is 0. The Morgan fingerprint density at radius 3 is 2.29 bits per heavy atom. The summed E-state index contributed by atoms with van der Waals surface area (Å²) in [4.78, 5) is 0. The fraction of sp³-hybridized carbons (Fsp3) is 0.200. The molecule has 0 heterocycles. The lowest BCUT2D eigenvalue weighted by Crippen LogP contribution is -2.05. The molecule has 0 aliphatic heterocycles. The Morgan fingerprint density at radius 2 is 1.79 bits per heavy atom. The summed E-state index contributed by atoms with van der Waals surface area (Å²) in [7, 11) is 0. The SMILES string of the molecule is CC=Cc1cc(F)cc(C(F)(F)F)c1. The third-order valence-corrected chi connectivity index (χ3v) is 1.61. The zero-order valence-corrected chi connectivity index (χ0v) is 7.40. The Balaban J connectivity index is 3.20. The van der Waals surface area contributed by atoms with E-state index in [0.717, 1.165) is 12.1 Å². The fourth-order valence-electron chi connectivity index (χ4n) is 1.06. The lowest BCUT2D eigenvalue weighted by atomic mass is 10.1. The van der Waals surface area contributed by atoms with Crippen molar-refractivity contribution in [1.82, 2.24) is 0 Å². The first-order chi connectivity index (χ1) is 6.43. The molecule has 0 aliphatic carbocycles. The van der Waals surface area contributed by atoms with Gasteiger partial charge in [-0.3, -0.25) is 0 Å². The van der Waals surface area contributed by atoms with E-state index in [2.05, 4.69) is 0 Å². The molecule has 0 saturated heterocycles. The summed E-state index contributed by atoms with van der Waals surface area (Å²) in [6.07, 6.45) is -1.54. The summed E-state index contributed by atoms with van der Waals surface area (Å²) in [5.41, 5.74) is -0.759. The third kappa shape index (κ3) is 2.58. The van der Waals surface area contributed by atoms with Gasteiger partial charge in [-0.05, 0) is 30.7 Å². The predicted octanol–water partition coefficient (Wildman–Crippen LogP) is 3.88. The molecule has 0 aromatic heterocycles. The van der Waals surface area contributed by atoms with Crippen LogP contribution in [0.25, 0.3) is 6.08 Å². The van der Waals surface area contributed by atoms with Gasteiger partial charge in [0.05, 0.1) is 5.56 Å². The molecule has 1 aromatic carbocycles. The zero-order valence-electron chi connectivity index (χ0n) is 7.40. The molecule has 4 heteroatoms. The van der Waals surface area contributed by atoms with Crippen LogP contribution in [0.5, 0.6) is 0 Å². The van der Waals surface area contributed by atoms with Crippen molar-refractivity contribution in [2.24, 2.45) is 0 Å². The minimum absolute atomic E-state index is 0.208. The number of rotatable bonds is 1. The molecule has 0 aliphatic rings. The molecule has 0 amide bonds. The van der Waals surface area contributed by atoms with E-state index in [4.69, 9.17) is 0 Å². The Bertz CT molecular complexity index is 350. The van der Waals surface area contributed by atoms with Crippen LogP contribution in [-0.2, 0) is 6.18 Å². The average Bonchev–Trinajstić information content (AvgIpc) is 2.02. The molecule has 0 nitrogen and oxygen atoms in total. The highest BCUT2D eigenvalue weighted by Gasteiger charge is 2.31. The lowest BCUT2D eigenvalue weighted by molar-refractivity contribution is -0.137. The predicted molar refractivity (Wildman–Crippen MR) is 46.1 cm³/mol. The number of hydrogen-bond acceptors (Lipinski definition) is 0. The first kappa shape index (κ1) is 10.8. The molecule has 1 aromatic rings. The minimum Gasteiger partial charge on any atom is -0.207 e. The van der Waals surface area contributed by atoms with E-state index >= 15 is 0 Å². The highest BCUT2D eigenvalue weighted by molar-refractivity contribution is 5.50. The summed E-state index contributed by atoms with van der Waals surface area (Å²) in [6, 6.07) is 2.44. The largest absolute Gasteiger partial charge is 0.416 e. The second kappa shape index (κ2) is 3.82. The topological polar surface area (TPSA) is 0 Å². The van der Waals surface area contributed by atoms with Crippen LogP contribution in [0.15, 0.2) is 24.3 Å². The molecular formula is C10H8F4. The van der Waals surface area contributed by atoms with Gasteiger partial charge in [-0.2, -0.15) is 13.2 Å². The Hall–Kier alpha value is -1.32. The molecule has 1 rings (SSSR count). The van der Waals surface area contributed by atoms with Crippen LogP contribution in [-0.4, -0.2) is 0 Å². The molecule has 0 N–H and O–H groups in total. The van der Waals surface area contributed by atoms with Crippen molar-refractivity contribution in [3.8, 4) is 0 Å². The van der Waals surface area contributed by atoms with Gasteiger partial charge in [0.1, 0.15) is 5.82 Å². The van der Waals surface area contributed by atoms with Crippen LogP contribution in [0.2, 0.25) is 0 Å². The Kier molecular flexibility index (Phi) is 2.93. The number of hydrogen-bond donors (Lipinski definition) is 0. The molecule has 0 bridgehead atoms. The average molecular weight is 204 g/mol. The van der Waals surface area contributed by atoms with Crippen molar-refractivity contribution >= 4 is 6.08 Å². The van der Waals surface area contributed by atoms with E-state index in [0.29, 0.717) is 6.07 Å². The van der Waals surface area contributed by atoms with Crippen LogP contribution >= 0.6 is 0 Å². The monoisotopic (exact) mass is 204 g/mol. The maximum atomic E-state index is 12.7. The Labute approximate surface area is 78.9 Å². The molecular weight excluding hydrogens is 196 g/mol. The smallest absolute Gasteiger partial charge is 0.207 e. The molecule has 0 radical (unpaired) electrons. The molecule has 14 heavy (non-hydrogen) atoms. The number of benzene rings is 1. The summed E-state index contributed by atoms with van der Waals surface area (Å²) >= 11 is 0. The normalized spacial score (nSPS) is 12.4. The maximum absolute atomic E-state index is 12.7. The van der Waals surface area contributed by atoms with Gasteiger partial charge >= 0.3 is 6.18 Å². The van der Waals surface area contributed by atoms with Gasteiger partial charge in [-0.1, -0.05) is 12.2 Å². The van der Waals surface area contributed by atoms with Crippen LogP contribution in [0.3, 0.4) is 0 Å². The molecule has 0 fully saturated rings.